The Kier molecular flexibility index (Phi) is 13.2. The fraction of sp³-hybridized carbons (Fsp3) is 1.00. The standard InChI is InChI=1S/C16H31F3O2/c1-2-3-4-5-6-7-8-10-13-21-14-11-9-12-15(20)16(17,18)19/h15,20H,2-14H2,1H3. The molecule has 0 saturated heterocycles. The van der Waals surface area contributed by atoms with Crippen molar-refractivity contribution >= 4 is 0 Å². The zero-order valence-electron chi connectivity index (χ0n) is 13.3. The average Bonchev–Trinajstić information content (AvgIpc) is 2.42. The third-order valence-electron chi connectivity index (χ3n) is 3.54. The maximum Gasteiger partial charge on any atom is 0.414 e. The highest BCUT2D eigenvalue weighted by molar-refractivity contribution is 4.64. The van der Waals surface area contributed by atoms with Gasteiger partial charge >= 0.3 is 6.18 Å². The summed E-state index contributed by atoms with van der Waals surface area (Å²) in [5.41, 5.74) is 0. The maximum atomic E-state index is 12.0. The summed E-state index contributed by atoms with van der Waals surface area (Å²) in [6.07, 6.45) is 3.97. The Morgan fingerprint density at radius 2 is 1.29 bits per heavy atom. The molecule has 1 N–H and O–H groups in total. The van der Waals surface area contributed by atoms with Gasteiger partial charge < -0.3 is 9.84 Å². The predicted molar refractivity (Wildman–Crippen MR) is 79.3 cm³/mol. The summed E-state index contributed by atoms with van der Waals surface area (Å²) in [4.78, 5) is 0. The third-order valence-corrected chi connectivity index (χ3v) is 3.54. The molecule has 0 aromatic heterocycles. The van der Waals surface area contributed by atoms with Gasteiger partial charge in [0.05, 0.1) is 0 Å². The van der Waals surface area contributed by atoms with E-state index in [9.17, 15) is 13.2 Å². The van der Waals surface area contributed by atoms with E-state index in [1.807, 2.05) is 0 Å². The Bertz CT molecular complexity index is 220. The zero-order chi connectivity index (χ0) is 16.0. The molecule has 0 saturated carbocycles. The Hall–Kier alpha value is -0.290. The van der Waals surface area contributed by atoms with Gasteiger partial charge in [0.25, 0.3) is 0 Å². The third kappa shape index (κ3) is 14.4. The molecule has 0 rings (SSSR count). The Labute approximate surface area is 127 Å². The quantitative estimate of drug-likeness (QED) is 0.445. The second-order valence-corrected chi connectivity index (χ2v) is 5.64. The molecule has 0 amide bonds. The average molecular weight is 312 g/mol. The summed E-state index contributed by atoms with van der Waals surface area (Å²) in [6.45, 7) is 3.39. The number of hydrogen-bond donors (Lipinski definition) is 1. The van der Waals surface area contributed by atoms with Crippen LogP contribution in [0.1, 0.15) is 77.6 Å². The van der Waals surface area contributed by atoms with Crippen molar-refractivity contribution < 1.29 is 23.0 Å². The second kappa shape index (κ2) is 13.4. The highest BCUT2D eigenvalue weighted by Gasteiger charge is 2.37. The molecule has 0 radical (unpaired) electrons. The normalized spacial score (nSPS) is 13.6. The Balaban J connectivity index is 3.13. The largest absolute Gasteiger partial charge is 0.414 e. The van der Waals surface area contributed by atoms with E-state index in [1.165, 1.54) is 44.9 Å². The van der Waals surface area contributed by atoms with E-state index in [0.29, 0.717) is 26.1 Å². The Morgan fingerprint density at radius 3 is 1.81 bits per heavy atom. The van der Waals surface area contributed by atoms with Crippen LogP contribution < -0.4 is 0 Å². The highest BCUT2D eigenvalue weighted by atomic mass is 19.4. The van der Waals surface area contributed by atoms with Gasteiger partial charge in [-0.15, -0.1) is 0 Å². The first-order chi connectivity index (χ1) is 9.98. The van der Waals surface area contributed by atoms with Crippen LogP contribution in [-0.4, -0.2) is 30.6 Å². The van der Waals surface area contributed by atoms with Crippen LogP contribution in [0, 0.1) is 0 Å². The minimum Gasteiger partial charge on any atom is -0.384 e. The van der Waals surface area contributed by atoms with Crippen molar-refractivity contribution in [3.63, 3.8) is 0 Å². The monoisotopic (exact) mass is 312 g/mol. The molecule has 0 heterocycles. The van der Waals surface area contributed by atoms with Crippen molar-refractivity contribution in [3.8, 4) is 0 Å². The molecule has 2 nitrogen and oxygen atoms in total. The van der Waals surface area contributed by atoms with E-state index >= 15 is 0 Å². The SMILES string of the molecule is CCCCCCCCCCOCCCCC(O)C(F)(F)F. The molecule has 0 aliphatic heterocycles. The van der Waals surface area contributed by atoms with Gasteiger partial charge in [-0.2, -0.15) is 13.2 Å². The molecule has 0 fully saturated rings. The first kappa shape index (κ1) is 20.7. The summed E-state index contributed by atoms with van der Waals surface area (Å²) in [5, 5.41) is 8.80. The first-order valence-electron chi connectivity index (χ1n) is 8.31. The van der Waals surface area contributed by atoms with Gasteiger partial charge in [0.15, 0.2) is 0 Å². The number of ether oxygens (including phenoxy) is 1. The number of aliphatic hydroxyl groups excluding tert-OH is 1. The molecule has 128 valence electrons. The lowest BCUT2D eigenvalue weighted by molar-refractivity contribution is -0.205. The zero-order valence-corrected chi connectivity index (χ0v) is 13.3. The van der Waals surface area contributed by atoms with Gasteiger partial charge in [-0.3, -0.25) is 0 Å². The van der Waals surface area contributed by atoms with Crippen LogP contribution in [0.2, 0.25) is 0 Å². The lowest BCUT2D eigenvalue weighted by atomic mass is 10.1. The lowest BCUT2D eigenvalue weighted by Gasteiger charge is -2.13. The summed E-state index contributed by atoms with van der Waals surface area (Å²) < 4.78 is 41.4. The van der Waals surface area contributed by atoms with E-state index in [1.54, 1.807) is 0 Å². The predicted octanol–water partition coefficient (Wildman–Crippen LogP) is 5.24. The van der Waals surface area contributed by atoms with E-state index in [4.69, 9.17) is 9.84 Å². The van der Waals surface area contributed by atoms with Crippen LogP contribution in [-0.2, 0) is 4.74 Å². The van der Waals surface area contributed by atoms with Gasteiger partial charge in [0.1, 0.15) is 6.10 Å². The van der Waals surface area contributed by atoms with E-state index in [-0.39, 0.29) is 6.42 Å². The molecule has 0 bridgehead atoms. The van der Waals surface area contributed by atoms with Crippen LogP contribution in [0.5, 0.6) is 0 Å². The van der Waals surface area contributed by atoms with Gasteiger partial charge in [-0.25, -0.2) is 0 Å². The molecular weight excluding hydrogens is 281 g/mol. The van der Waals surface area contributed by atoms with Crippen molar-refractivity contribution in [1.29, 1.82) is 0 Å². The molecule has 0 aliphatic carbocycles. The van der Waals surface area contributed by atoms with Gasteiger partial charge in [-0.05, 0) is 25.7 Å². The second-order valence-electron chi connectivity index (χ2n) is 5.64. The molecule has 0 spiro atoms. The minimum absolute atomic E-state index is 0.232. The number of aliphatic hydroxyl groups is 1. The number of unbranched alkanes of at least 4 members (excludes halogenated alkanes) is 8. The Morgan fingerprint density at radius 1 is 0.810 bits per heavy atom. The number of rotatable bonds is 14. The summed E-state index contributed by atoms with van der Waals surface area (Å²) in [6, 6.07) is 0. The van der Waals surface area contributed by atoms with Crippen molar-refractivity contribution in [1.82, 2.24) is 0 Å². The minimum atomic E-state index is -4.49. The van der Waals surface area contributed by atoms with Crippen LogP contribution in [0.4, 0.5) is 13.2 Å². The van der Waals surface area contributed by atoms with Crippen molar-refractivity contribution in [2.24, 2.45) is 0 Å². The van der Waals surface area contributed by atoms with E-state index in [0.717, 1.165) is 6.42 Å². The number of alkyl halides is 3. The fourth-order valence-corrected chi connectivity index (χ4v) is 2.15. The topological polar surface area (TPSA) is 29.5 Å². The molecule has 1 unspecified atom stereocenters. The smallest absolute Gasteiger partial charge is 0.384 e. The molecule has 0 aliphatic rings. The van der Waals surface area contributed by atoms with Crippen LogP contribution in [0.25, 0.3) is 0 Å². The van der Waals surface area contributed by atoms with E-state index < -0.39 is 12.3 Å². The van der Waals surface area contributed by atoms with Crippen molar-refractivity contribution in [3.05, 3.63) is 0 Å². The van der Waals surface area contributed by atoms with Crippen LogP contribution in [0.15, 0.2) is 0 Å². The summed E-state index contributed by atoms with van der Waals surface area (Å²) >= 11 is 0. The highest BCUT2D eigenvalue weighted by Crippen LogP contribution is 2.23. The maximum absolute atomic E-state index is 12.0. The van der Waals surface area contributed by atoms with Gasteiger partial charge in [-0.1, -0.05) is 51.9 Å². The van der Waals surface area contributed by atoms with E-state index in [2.05, 4.69) is 6.92 Å². The molecule has 1 atom stereocenters. The van der Waals surface area contributed by atoms with Crippen LogP contribution in [0.3, 0.4) is 0 Å². The molecule has 0 aromatic rings. The molecule has 21 heavy (non-hydrogen) atoms. The summed E-state index contributed by atoms with van der Waals surface area (Å²) in [5.74, 6) is 0. The van der Waals surface area contributed by atoms with Crippen LogP contribution >= 0.6 is 0 Å². The number of halogens is 3. The first-order valence-corrected chi connectivity index (χ1v) is 8.31. The lowest BCUT2D eigenvalue weighted by Crippen LogP contribution is -2.28. The molecule has 0 aromatic carbocycles. The number of hydrogen-bond acceptors (Lipinski definition) is 2. The van der Waals surface area contributed by atoms with Gasteiger partial charge in [0, 0.05) is 13.2 Å². The van der Waals surface area contributed by atoms with Gasteiger partial charge in [0.2, 0.25) is 0 Å². The molecule has 5 heteroatoms. The fourth-order valence-electron chi connectivity index (χ4n) is 2.15. The molecular formula is C16H31F3O2. The van der Waals surface area contributed by atoms with Crippen molar-refractivity contribution in [2.45, 2.75) is 89.8 Å². The summed E-state index contributed by atoms with van der Waals surface area (Å²) in [7, 11) is 0. The van der Waals surface area contributed by atoms with Crippen molar-refractivity contribution in [2.75, 3.05) is 13.2 Å².